The second-order valence-corrected chi connectivity index (χ2v) is 4.16. The minimum atomic E-state index is 0.206. The van der Waals surface area contributed by atoms with Crippen LogP contribution in [0.25, 0.3) is 0 Å². The van der Waals surface area contributed by atoms with E-state index in [9.17, 15) is 4.79 Å². The Balaban J connectivity index is 1.89. The molecule has 0 atom stereocenters. The van der Waals surface area contributed by atoms with Gasteiger partial charge in [0.15, 0.2) is 0 Å². The molecular formula is C14H17NO. The Morgan fingerprint density at radius 3 is 2.69 bits per heavy atom. The van der Waals surface area contributed by atoms with Gasteiger partial charge in [-0.3, -0.25) is 4.79 Å². The maximum absolute atomic E-state index is 11.7. The summed E-state index contributed by atoms with van der Waals surface area (Å²) in [5.74, 6) is 0.206. The van der Waals surface area contributed by atoms with E-state index in [2.05, 4.69) is 25.1 Å². The summed E-state index contributed by atoms with van der Waals surface area (Å²) >= 11 is 0. The molecule has 2 nitrogen and oxygen atoms in total. The summed E-state index contributed by atoms with van der Waals surface area (Å²) in [6, 6.07) is 10.1. The molecule has 1 heterocycles. The number of amides is 1. The van der Waals surface area contributed by atoms with Gasteiger partial charge in [0.25, 0.3) is 5.91 Å². The molecule has 0 unspecified atom stereocenters. The summed E-state index contributed by atoms with van der Waals surface area (Å²) in [6.07, 6.45) is 4.19. The van der Waals surface area contributed by atoms with Gasteiger partial charge in [-0.25, -0.2) is 0 Å². The zero-order chi connectivity index (χ0) is 11.4. The van der Waals surface area contributed by atoms with Gasteiger partial charge in [-0.05, 0) is 12.0 Å². The van der Waals surface area contributed by atoms with Crippen LogP contribution in [0.4, 0.5) is 0 Å². The van der Waals surface area contributed by atoms with E-state index in [0.29, 0.717) is 0 Å². The number of hydrogen-bond donors (Lipinski definition) is 0. The molecule has 0 spiro atoms. The van der Waals surface area contributed by atoms with Crippen molar-refractivity contribution in [3.05, 3.63) is 47.5 Å². The first kappa shape index (κ1) is 10.9. The van der Waals surface area contributed by atoms with Gasteiger partial charge in [-0.1, -0.05) is 49.8 Å². The van der Waals surface area contributed by atoms with Crippen LogP contribution in [0.15, 0.2) is 42.0 Å². The maximum Gasteiger partial charge on any atom is 0.251 e. The third-order valence-corrected chi connectivity index (χ3v) is 2.82. The lowest BCUT2D eigenvalue weighted by atomic mass is 10.0. The quantitative estimate of drug-likeness (QED) is 0.558. The fourth-order valence-electron chi connectivity index (χ4n) is 1.86. The lowest BCUT2D eigenvalue weighted by Crippen LogP contribution is -2.45. The number of benzene rings is 1. The van der Waals surface area contributed by atoms with E-state index >= 15 is 0 Å². The van der Waals surface area contributed by atoms with Crippen molar-refractivity contribution >= 4 is 5.91 Å². The van der Waals surface area contributed by atoms with Crippen LogP contribution >= 0.6 is 0 Å². The Labute approximate surface area is 96.6 Å². The molecule has 0 aromatic heterocycles. The molecular weight excluding hydrogens is 198 g/mol. The number of hydrogen-bond acceptors (Lipinski definition) is 1. The van der Waals surface area contributed by atoms with Crippen molar-refractivity contribution in [3.8, 4) is 0 Å². The van der Waals surface area contributed by atoms with E-state index in [1.807, 2.05) is 23.1 Å². The largest absolute Gasteiger partial charge is 0.330 e. The van der Waals surface area contributed by atoms with E-state index in [0.717, 1.165) is 31.5 Å². The third kappa shape index (κ3) is 2.32. The number of allylic oxidation sites excluding steroid dienone is 1. The zero-order valence-corrected chi connectivity index (χ0v) is 9.65. The molecule has 1 fully saturated rings. The van der Waals surface area contributed by atoms with Crippen LogP contribution in [0.2, 0.25) is 0 Å². The molecule has 2 heteroatoms. The highest BCUT2D eigenvalue weighted by atomic mass is 16.2. The minimum absolute atomic E-state index is 0.206. The summed E-state index contributed by atoms with van der Waals surface area (Å²) in [5, 5.41) is 0. The molecule has 1 aromatic carbocycles. The number of likely N-dealkylation sites (tertiary alicyclic amines) is 1. The topological polar surface area (TPSA) is 20.3 Å². The normalized spacial score (nSPS) is 17.7. The summed E-state index contributed by atoms with van der Waals surface area (Å²) in [5.41, 5.74) is 2.18. The Bertz CT molecular complexity index is 394. The van der Waals surface area contributed by atoms with Gasteiger partial charge in [0.05, 0.1) is 6.54 Å². The SMILES string of the molecule is CCC/C=C1\CN(Cc2ccccc2)C1=O. The number of nitrogens with zero attached hydrogens (tertiary/aromatic N) is 1. The molecule has 16 heavy (non-hydrogen) atoms. The average molecular weight is 215 g/mol. The molecule has 1 aliphatic heterocycles. The standard InChI is InChI=1S/C14H17NO/c1-2-3-9-13-11-15(14(13)16)10-12-7-5-4-6-8-12/h4-9H,2-3,10-11H2,1H3/b13-9+. The van der Waals surface area contributed by atoms with Gasteiger partial charge in [0, 0.05) is 12.1 Å². The summed E-state index contributed by atoms with van der Waals surface area (Å²) in [4.78, 5) is 13.6. The van der Waals surface area contributed by atoms with Crippen molar-refractivity contribution < 1.29 is 4.79 Å². The van der Waals surface area contributed by atoms with Crippen LogP contribution in [-0.2, 0) is 11.3 Å². The van der Waals surface area contributed by atoms with Gasteiger partial charge in [-0.15, -0.1) is 0 Å². The number of rotatable bonds is 4. The Morgan fingerprint density at radius 2 is 2.06 bits per heavy atom. The summed E-state index contributed by atoms with van der Waals surface area (Å²) in [7, 11) is 0. The van der Waals surface area contributed by atoms with E-state index in [4.69, 9.17) is 0 Å². The molecule has 0 N–H and O–H groups in total. The number of carbonyl (C=O) groups excluding carboxylic acids is 1. The van der Waals surface area contributed by atoms with E-state index < -0.39 is 0 Å². The van der Waals surface area contributed by atoms with Crippen molar-refractivity contribution in [1.82, 2.24) is 4.90 Å². The lowest BCUT2D eigenvalue weighted by Gasteiger charge is -2.33. The minimum Gasteiger partial charge on any atom is -0.330 e. The first-order chi connectivity index (χ1) is 7.81. The van der Waals surface area contributed by atoms with Crippen LogP contribution < -0.4 is 0 Å². The van der Waals surface area contributed by atoms with Crippen LogP contribution in [-0.4, -0.2) is 17.4 Å². The first-order valence-corrected chi connectivity index (χ1v) is 5.83. The van der Waals surface area contributed by atoms with Crippen molar-refractivity contribution in [2.24, 2.45) is 0 Å². The van der Waals surface area contributed by atoms with E-state index in [-0.39, 0.29) is 5.91 Å². The monoisotopic (exact) mass is 215 g/mol. The van der Waals surface area contributed by atoms with E-state index in [1.165, 1.54) is 5.56 Å². The molecule has 1 aromatic rings. The smallest absolute Gasteiger partial charge is 0.251 e. The molecule has 84 valence electrons. The summed E-state index contributed by atoms with van der Waals surface area (Å²) < 4.78 is 0. The van der Waals surface area contributed by atoms with Gasteiger partial charge in [0.2, 0.25) is 0 Å². The number of β-lactam (4-membered cyclic amide) rings is 1. The molecule has 0 aliphatic carbocycles. The van der Waals surface area contributed by atoms with Crippen molar-refractivity contribution in [2.75, 3.05) is 6.54 Å². The molecule has 1 amide bonds. The van der Waals surface area contributed by atoms with Crippen molar-refractivity contribution in [2.45, 2.75) is 26.3 Å². The van der Waals surface area contributed by atoms with Crippen LogP contribution in [0.5, 0.6) is 0 Å². The fraction of sp³-hybridized carbons (Fsp3) is 0.357. The van der Waals surface area contributed by atoms with E-state index in [1.54, 1.807) is 0 Å². The highest BCUT2D eigenvalue weighted by molar-refractivity contribution is 6.00. The molecule has 2 rings (SSSR count). The predicted octanol–water partition coefficient (Wildman–Crippen LogP) is 2.76. The van der Waals surface area contributed by atoms with Gasteiger partial charge < -0.3 is 4.90 Å². The third-order valence-electron chi connectivity index (χ3n) is 2.82. The predicted molar refractivity (Wildman–Crippen MR) is 64.9 cm³/mol. The van der Waals surface area contributed by atoms with Crippen molar-refractivity contribution in [3.63, 3.8) is 0 Å². The van der Waals surface area contributed by atoms with Crippen LogP contribution in [0.1, 0.15) is 25.3 Å². The zero-order valence-electron chi connectivity index (χ0n) is 9.65. The molecule has 0 saturated carbocycles. The Morgan fingerprint density at radius 1 is 1.31 bits per heavy atom. The van der Waals surface area contributed by atoms with Gasteiger partial charge in [-0.2, -0.15) is 0 Å². The number of unbranched alkanes of at least 4 members (excludes halogenated alkanes) is 1. The maximum atomic E-state index is 11.7. The van der Waals surface area contributed by atoms with Crippen LogP contribution in [0.3, 0.4) is 0 Å². The molecule has 0 bridgehead atoms. The Kier molecular flexibility index (Phi) is 3.40. The number of carbonyl (C=O) groups is 1. The second kappa shape index (κ2) is 4.97. The average Bonchev–Trinajstić information content (AvgIpc) is 2.33. The highest BCUT2D eigenvalue weighted by Gasteiger charge is 2.29. The Hall–Kier alpha value is -1.57. The van der Waals surface area contributed by atoms with Gasteiger partial charge in [0.1, 0.15) is 0 Å². The molecule has 1 saturated heterocycles. The van der Waals surface area contributed by atoms with Crippen molar-refractivity contribution in [1.29, 1.82) is 0 Å². The fourth-order valence-corrected chi connectivity index (χ4v) is 1.86. The van der Waals surface area contributed by atoms with Crippen LogP contribution in [0, 0.1) is 0 Å². The first-order valence-electron chi connectivity index (χ1n) is 5.83. The lowest BCUT2D eigenvalue weighted by molar-refractivity contribution is -0.133. The van der Waals surface area contributed by atoms with Gasteiger partial charge >= 0.3 is 0 Å². The molecule has 1 aliphatic rings. The summed E-state index contributed by atoms with van der Waals surface area (Å²) in [6.45, 7) is 3.68. The molecule has 0 radical (unpaired) electrons. The highest BCUT2D eigenvalue weighted by Crippen LogP contribution is 2.20. The second-order valence-electron chi connectivity index (χ2n) is 4.16.